The van der Waals surface area contributed by atoms with Crippen molar-refractivity contribution in [3.8, 4) is 17.1 Å². The number of hydrogen-bond acceptors (Lipinski definition) is 0. The maximum Gasteiger partial charge on any atom is 0.294 e. The molecule has 3 aromatic rings. The average molecular weight is 360 g/mol. The molecule has 0 amide bonds. The molecule has 1 aliphatic carbocycles. The molecule has 0 aliphatic heterocycles. The summed E-state index contributed by atoms with van der Waals surface area (Å²) in [6.07, 6.45) is 5.36. The van der Waals surface area contributed by atoms with Crippen molar-refractivity contribution in [2.24, 2.45) is 7.05 Å². The Morgan fingerprint density at radius 2 is 1.41 bits per heavy atom. The van der Waals surface area contributed by atoms with Crippen LogP contribution in [0.5, 0.6) is 0 Å². The van der Waals surface area contributed by atoms with Crippen LogP contribution in [-0.4, -0.2) is 4.57 Å². The number of para-hydroxylation sites is 1. The summed E-state index contributed by atoms with van der Waals surface area (Å²) < 4.78 is 5.01. The fraction of sp³-hybridized carbons (Fsp3) is 0.400. The highest BCUT2D eigenvalue weighted by Gasteiger charge is 2.35. The summed E-state index contributed by atoms with van der Waals surface area (Å²) in [4.78, 5) is 0. The molecule has 1 aromatic heterocycles. The maximum atomic E-state index is 2.51. The molecule has 0 N–H and O–H groups in total. The number of nitrogens with zero attached hydrogens (tertiary/aromatic N) is 2. The first-order chi connectivity index (χ1) is 13.0. The van der Waals surface area contributed by atoms with Crippen molar-refractivity contribution in [2.45, 2.75) is 59.3 Å². The van der Waals surface area contributed by atoms with Crippen LogP contribution in [0.1, 0.15) is 59.7 Å². The normalized spacial score (nSPS) is 14.9. The molecule has 1 saturated carbocycles. The standard InChI is InChI=1S/C25H31N2/c1-17-11-6-9-16-22(17)27-20(4)24(21-14-7-8-15-21)26(5)25(27)23-18(2)12-10-13-19(23)3/h6,9-13,16,21H,7-8,14-15H2,1-5H3/q+1. The smallest absolute Gasteiger partial charge is 0.229 e. The first kappa shape index (κ1) is 18.0. The Morgan fingerprint density at radius 3 is 2.04 bits per heavy atom. The largest absolute Gasteiger partial charge is 0.294 e. The minimum absolute atomic E-state index is 0.684. The van der Waals surface area contributed by atoms with Crippen molar-refractivity contribution in [3.05, 3.63) is 70.5 Å². The zero-order valence-corrected chi connectivity index (χ0v) is 17.3. The van der Waals surface area contributed by atoms with Gasteiger partial charge in [-0.25, -0.2) is 4.57 Å². The Hall–Kier alpha value is -2.35. The second-order valence-electron chi connectivity index (χ2n) is 8.22. The first-order valence-electron chi connectivity index (χ1n) is 10.2. The van der Waals surface area contributed by atoms with Gasteiger partial charge in [0.2, 0.25) is 0 Å². The van der Waals surface area contributed by atoms with Crippen molar-refractivity contribution in [1.29, 1.82) is 0 Å². The topological polar surface area (TPSA) is 8.81 Å². The van der Waals surface area contributed by atoms with Crippen molar-refractivity contribution in [1.82, 2.24) is 4.57 Å². The third-order valence-electron chi connectivity index (χ3n) is 6.40. The summed E-state index contributed by atoms with van der Waals surface area (Å²) in [5.41, 5.74) is 9.60. The zero-order chi connectivity index (χ0) is 19.1. The van der Waals surface area contributed by atoms with Gasteiger partial charge in [0, 0.05) is 12.8 Å². The molecule has 1 fully saturated rings. The molecule has 1 heterocycles. The fourth-order valence-electron chi connectivity index (χ4n) is 5.10. The Bertz CT molecular complexity index is 968. The molecule has 27 heavy (non-hydrogen) atoms. The summed E-state index contributed by atoms with van der Waals surface area (Å²) in [6.45, 7) is 9.01. The van der Waals surface area contributed by atoms with Gasteiger partial charge in [-0.1, -0.05) is 49.2 Å². The molecule has 0 saturated heterocycles. The third-order valence-corrected chi connectivity index (χ3v) is 6.40. The Balaban J connectivity index is 2.08. The lowest BCUT2D eigenvalue weighted by atomic mass is 10.0. The Labute approximate surface area is 163 Å². The number of hydrogen-bond donors (Lipinski definition) is 0. The molecule has 0 bridgehead atoms. The van der Waals surface area contributed by atoms with E-state index in [4.69, 9.17) is 0 Å². The van der Waals surface area contributed by atoms with Gasteiger partial charge in [-0.2, -0.15) is 4.57 Å². The van der Waals surface area contributed by atoms with E-state index in [1.54, 1.807) is 0 Å². The molecular formula is C25H31N2+. The van der Waals surface area contributed by atoms with Crippen LogP contribution >= 0.6 is 0 Å². The second kappa shape index (κ2) is 6.99. The van der Waals surface area contributed by atoms with E-state index < -0.39 is 0 Å². The Morgan fingerprint density at radius 1 is 0.815 bits per heavy atom. The molecule has 0 unspecified atom stereocenters. The minimum Gasteiger partial charge on any atom is -0.229 e. The minimum atomic E-state index is 0.684. The monoisotopic (exact) mass is 359 g/mol. The highest BCUT2D eigenvalue weighted by molar-refractivity contribution is 5.66. The van der Waals surface area contributed by atoms with E-state index >= 15 is 0 Å². The molecular weight excluding hydrogens is 328 g/mol. The van der Waals surface area contributed by atoms with Gasteiger partial charge >= 0.3 is 0 Å². The van der Waals surface area contributed by atoms with Crippen molar-refractivity contribution in [3.63, 3.8) is 0 Å². The van der Waals surface area contributed by atoms with E-state index in [1.807, 2.05) is 0 Å². The van der Waals surface area contributed by atoms with Crippen LogP contribution in [0.4, 0.5) is 0 Å². The van der Waals surface area contributed by atoms with E-state index in [-0.39, 0.29) is 0 Å². The van der Waals surface area contributed by atoms with E-state index in [9.17, 15) is 0 Å². The van der Waals surface area contributed by atoms with Gasteiger partial charge in [0.05, 0.1) is 12.6 Å². The van der Waals surface area contributed by atoms with E-state index in [1.165, 1.54) is 70.8 Å². The van der Waals surface area contributed by atoms with Gasteiger partial charge in [0.25, 0.3) is 5.82 Å². The third kappa shape index (κ3) is 2.92. The van der Waals surface area contributed by atoms with Crippen LogP contribution in [0, 0.1) is 27.7 Å². The summed E-state index contributed by atoms with van der Waals surface area (Å²) in [6, 6.07) is 15.4. The number of aromatic nitrogens is 2. The van der Waals surface area contributed by atoms with Gasteiger partial charge in [-0.15, -0.1) is 0 Å². The summed E-state index contributed by atoms with van der Waals surface area (Å²) in [7, 11) is 2.27. The second-order valence-corrected chi connectivity index (χ2v) is 8.22. The van der Waals surface area contributed by atoms with Crippen LogP contribution in [0.3, 0.4) is 0 Å². The van der Waals surface area contributed by atoms with Gasteiger partial charge in [0.1, 0.15) is 17.1 Å². The number of rotatable bonds is 3. The summed E-state index contributed by atoms with van der Waals surface area (Å²) in [5.74, 6) is 2.00. The maximum absolute atomic E-state index is 2.51. The zero-order valence-electron chi connectivity index (χ0n) is 17.3. The molecule has 2 aromatic carbocycles. The van der Waals surface area contributed by atoms with E-state index in [0.717, 1.165) is 0 Å². The average Bonchev–Trinajstić information content (AvgIpc) is 3.23. The Kier molecular flexibility index (Phi) is 4.67. The number of benzene rings is 2. The number of aryl methyl sites for hydroxylation is 3. The lowest BCUT2D eigenvalue weighted by Gasteiger charge is -2.11. The van der Waals surface area contributed by atoms with E-state index in [2.05, 4.69) is 86.3 Å². The molecule has 2 heteroatoms. The van der Waals surface area contributed by atoms with Crippen molar-refractivity contribution < 1.29 is 4.57 Å². The van der Waals surface area contributed by atoms with Gasteiger partial charge in [-0.3, -0.25) is 0 Å². The predicted octanol–water partition coefficient (Wildman–Crippen LogP) is 5.86. The molecule has 0 spiro atoms. The number of imidazole rings is 1. The lowest BCUT2D eigenvalue weighted by molar-refractivity contribution is -0.668. The predicted molar refractivity (Wildman–Crippen MR) is 113 cm³/mol. The highest BCUT2D eigenvalue weighted by atomic mass is 15.2. The molecule has 0 radical (unpaired) electrons. The summed E-state index contributed by atoms with van der Waals surface area (Å²) >= 11 is 0. The molecule has 140 valence electrons. The van der Waals surface area contributed by atoms with Crippen LogP contribution in [0.15, 0.2) is 42.5 Å². The van der Waals surface area contributed by atoms with Crippen molar-refractivity contribution in [2.75, 3.05) is 0 Å². The van der Waals surface area contributed by atoms with Crippen LogP contribution in [0.2, 0.25) is 0 Å². The van der Waals surface area contributed by atoms with Crippen LogP contribution < -0.4 is 4.57 Å². The molecule has 1 aliphatic rings. The van der Waals surface area contributed by atoms with Crippen LogP contribution in [0.25, 0.3) is 17.1 Å². The quantitative estimate of drug-likeness (QED) is 0.518. The first-order valence-corrected chi connectivity index (χ1v) is 10.2. The molecule has 4 rings (SSSR count). The van der Waals surface area contributed by atoms with Crippen LogP contribution in [-0.2, 0) is 7.05 Å². The highest BCUT2D eigenvalue weighted by Crippen LogP contribution is 2.38. The fourth-order valence-corrected chi connectivity index (χ4v) is 5.10. The van der Waals surface area contributed by atoms with Gasteiger partial charge in [0.15, 0.2) is 0 Å². The molecule has 0 atom stereocenters. The SMILES string of the molecule is Cc1ccccc1-n1c(C)c(C2CCCC2)[n+](C)c1-c1c(C)cccc1C. The van der Waals surface area contributed by atoms with Crippen molar-refractivity contribution >= 4 is 0 Å². The van der Waals surface area contributed by atoms with Gasteiger partial charge < -0.3 is 0 Å². The summed E-state index contributed by atoms with van der Waals surface area (Å²) in [5, 5.41) is 0. The van der Waals surface area contributed by atoms with E-state index in [0.29, 0.717) is 5.92 Å². The van der Waals surface area contributed by atoms with Gasteiger partial charge in [-0.05, 0) is 56.4 Å². The lowest BCUT2D eigenvalue weighted by Crippen LogP contribution is -2.35. The molecule has 2 nitrogen and oxygen atoms in total.